The topological polar surface area (TPSA) is 113 Å². The molecule has 1 aliphatic heterocycles. The highest BCUT2D eigenvalue weighted by molar-refractivity contribution is 5.87. The zero-order chi connectivity index (χ0) is 50.4. The van der Waals surface area contributed by atoms with E-state index in [1.165, 1.54) is 0 Å². The molecule has 10 fully saturated rings. The molecule has 0 unspecified atom stereocenters. The molecule has 13 aliphatic rings. The molecule has 13 rings (SSSR count). The summed E-state index contributed by atoms with van der Waals surface area (Å²) in [4.78, 5) is 24.4. The van der Waals surface area contributed by atoms with Gasteiger partial charge >= 0.3 is 0 Å². The van der Waals surface area contributed by atoms with Gasteiger partial charge in [-0.15, -0.1) is 0 Å². The van der Waals surface area contributed by atoms with Crippen LogP contribution in [0.3, 0.4) is 0 Å². The van der Waals surface area contributed by atoms with Crippen molar-refractivity contribution in [2.24, 2.45) is 93.2 Å². The second kappa shape index (κ2) is 19.5. The van der Waals surface area contributed by atoms with Crippen molar-refractivity contribution in [3.8, 4) is 0 Å². The first-order valence-corrected chi connectivity index (χ1v) is 29.0. The van der Waals surface area contributed by atoms with Crippen LogP contribution >= 0.6 is 0 Å². The molecule has 7 nitrogen and oxygen atoms in total. The second-order valence-electron chi connectivity index (χ2n) is 28.3. The van der Waals surface area contributed by atoms with E-state index in [-0.39, 0.29) is 54.5 Å². The summed E-state index contributed by atoms with van der Waals surface area (Å²) in [5, 5.41) is 31.1. The minimum absolute atomic E-state index is 0. The van der Waals surface area contributed by atoms with Crippen LogP contribution in [0.2, 0.25) is 0 Å². The number of rotatable bonds is 1. The van der Waals surface area contributed by atoms with Crippen LogP contribution in [0.25, 0.3) is 0 Å². The van der Waals surface area contributed by atoms with Gasteiger partial charge < -0.3 is 24.8 Å². The van der Waals surface area contributed by atoms with E-state index in [9.17, 15) is 33.7 Å². The van der Waals surface area contributed by atoms with Gasteiger partial charge in [0.05, 0.1) is 47.5 Å². The summed E-state index contributed by atoms with van der Waals surface area (Å²) in [7, 11) is 0. The van der Waals surface area contributed by atoms with Crippen LogP contribution in [0.5, 0.6) is 0 Å². The van der Waals surface area contributed by atoms with Crippen LogP contribution in [-0.2, 0) is 19.1 Å². The molecule has 3 N–H and O–H groups in total. The number of ether oxygens (including phenoxy) is 2. The Bertz CT molecular complexity index is 2240. The predicted octanol–water partition coefficient (Wildman–Crippen LogP) is 14.6. The Morgan fingerprint density at radius 3 is 1.42 bits per heavy atom. The third kappa shape index (κ3) is 9.11. The van der Waals surface area contributed by atoms with Crippen LogP contribution < -0.4 is 0 Å². The van der Waals surface area contributed by atoms with Gasteiger partial charge in [-0.1, -0.05) is 35.6 Å². The average Bonchev–Trinajstić information content (AvgIpc) is 4.08. The summed E-state index contributed by atoms with van der Waals surface area (Å²) < 4.78 is 57.2. The van der Waals surface area contributed by atoms with Crippen molar-refractivity contribution in [1.82, 2.24) is 0 Å². The van der Waals surface area contributed by atoms with Crippen molar-refractivity contribution in [1.29, 1.82) is 0 Å². The van der Waals surface area contributed by atoms with Gasteiger partial charge in [0.25, 0.3) is 0 Å². The summed E-state index contributed by atoms with van der Waals surface area (Å²) in [5.41, 5.74) is 0.536. The maximum absolute atomic E-state index is 15.1. The van der Waals surface area contributed by atoms with Crippen LogP contribution in [-0.4, -0.2) is 62.7 Å². The van der Waals surface area contributed by atoms with E-state index in [1.54, 1.807) is 6.92 Å². The highest BCUT2D eigenvalue weighted by Gasteiger charge is 2.66. The van der Waals surface area contributed by atoms with Crippen LogP contribution in [0.1, 0.15) is 217 Å². The largest absolute Gasteiger partial charge is 0.390 e. The zero-order valence-electron chi connectivity index (χ0n) is 44.5. The lowest BCUT2D eigenvalue weighted by atomic mass is 9.51. The molecule has 0 bridgehead atoms. The van der Waals surface area contributed by atoms with Gasteiger partial charge in [0, 0.05) is 48.9 Å². The van der Waals surface area contributed by atoms with Crippen LogP contribution in [0.4, 0.5) is 13.2 Å². The fraction of sp³-hybridized carbons (Fsp3) is 0.873. The summed E-state index contributed by atoms with van der Waals surface area (Å²) in [6.07, 6.45) is 20.7. The average molecular weight is 1020 g/mol. The molecule has 0 aromatic rings. The fourth-order valence-corrected chi connectivity index (χ4v) is 20.8. The number of ketones is 2. The third-order valence-corrected chi connectivity index (χ3v) is 24.4. The number of hydrogen-bond acceptors (Lipinski definition) is 7. The first kappa shape index (κ1) is 55.9. The predicted molar refractivity (Wildman–Crippen MR) is 281 cm³/mol. The van der Waals surface area contributed by atoms with Crippen molar-refractivity contribution in [3.05, 3.63) is 34.2 Å². The molecule has 10 heteroatoms. The van der Waals surface area contributed by atoms with E-state index in [2.05, 4.69) is 20.8 Å². The van der Waals surface area contributed by atoms with Gasteiger partial charge in [0.15, 0.2) is 5.79 Å². The van der Waals surface area contributed by atoms with E-state index in [0.717, 1.165) is 126 Å². The highest BCUT2D eigenvalue weighted by Crippen LogP contribution is 2.69. The Hall–Kier alpha value is -1.85. The first-order chi connectivity index (χ1) is 33.4. The molecule has 0 radical (unpaired) electrons. The number of halogens is 3. The number of allylic oxidation sites excluding steroid dienone is 3. The van der Waals surface area contributed by atoms with Gasteiger partial charge in [0.1, 0.15) is 11.6 Å². The van der Waals surface area contributed by atoms with Crippen molar-refractivity contribution in [2.75, 3.05) is 13.2 Å². The maximum Gasteiger partial charge on any atom is 0.174 e. The molecule has 1 saturated heterocycles. The first-order valence-electron chi connectivity index (χ1n) is 29.0. The standard InChI is InChI=1S/C21H31FO3.C21H31FO2.C19H27FO2.2CH4/c1-19(23)6-3-14-13-4-7-20(2)17(5-8-21(20)24-9-10-25-21)15(13)11-18(22)16(14)12-19;1-12(23)17-4-5-18-15-10-19(22)16-11-20(2,24)8-6-14(16)13(15)7-9-21(17,18)3;1-18(22)7-5-12-11-6-8-19(2)15(3-4-17(19)21)13(11)9-16(20)14(12)10-18;;/h13-15,17,23H,3-12H2,1-2H3;13-15,17-18,24H,4-11H2,1-3H3;11-13,15,22H,3-10H2,1-2H3;2*1H4/t13-,14-,15-,17+,19-,20+;13-,14-,15-,17-,18+,20-,21-;11-,12-,13-,15+,18-,19+;;/m111../s1. The molecule has 0 aromatic carbocycles. The monoisotopic (exact) mass is 1020 g/mol. The van der Waals surface area contributed by atoms with Gasteiger partial charge in [0.2, 0.25) is 0 Å². The van der Waals surface area contributed by atoms with Gasteiger partial charge in [-0.3, -0.25) is 9.59 Å². The molecule has 0 amide bonds. The summed E-state index contributed by atoms with van der Waals surface area (Å²) in [6, 6.07) is 0. The number of hydrogen-bond donors (Lipinski definition) is 3. The Labute approximate surface area is 438 Å². The maximum atomic E-state index is 15.1. The molecule has 9 saturated carbocycles. The number of Topliss-reactive ketones (excluding diaryl/α,β-unsaturated/α-hetero) is 2. The molecular weight excluding hydrogens is 926 g/mol. The van der Waals surface area contributed by atoms with E-state index in [0.29, 0.717) is 141 Å². The summed E-state index contributed by atoms with van der Waals surface area (Å²) in [6.45, 7) is 15.5. The summed E-state index contributed by atoms with van der Waals surface area (Å²) in [5.74, 6) is 5.97. The minimum Gasteiger partial charge on any atom is -0.390 e. The Morgan fingerprint density at radius 1 is 0.507 bits per heavy atom. The van der Waals surface area contributed by atoms with Crippen molar-refractivity contribution in [2.45, 2.75) is 240 Å². The van der Waals surface area contributed by atoms with Gasteiger partial charge in [-0.2, -0.15) is 0 Å². The quantitative estimate of drug-likeness (QED) is 0.240. The van der Waals surface area contributed by atoms with Crippen LogP contribution in [0, 0.1) is 93.2 Å². The molecule has 12 aliphatic carbocycles. The molecule has 1 heterocycles. The van der Waals surface area contributed by atoms with Crippen molar-refractivity contribution < 1.29 is 47.6 Å². The highest BCUT2D eigenvalue weighted by atomic mass is 19.1. The normalized spacial score (nSPS) is 49.8. The molecule has 73 heavy (non-hydrogen) atoms. The lowest BCUT2D eigenvalue weighted by molar-refractivity contribution is -0.240. The Morgan fingerprint density at radius 2 is 0.945 bits per heavy atom. The lowest BCUT2D eigenvalue weighted by Crippen LogP contribution is -2.53. The number of aliphatic hydroxyl groups is 3. The van der Waals surface area contributed by atoms with Gasteiger partial charge in [-0.05, 0) is 243 Å². The molecular formula is C63H97F3O7. The molecule has 19 atom stereocenters. The van der Waals surface area contributed by atoms with Crippen molar-refractivity contribution in [3.63, 3.8) is 0 Å². The number of carbonyl (C=O) groups is 2. The van der Waals surface area contributed by atoms with E-state index < -0.39 is 22.6 Å². The Kier molecular flexibility index (Phi) is 14.9. The lowest BCUT2D eigenvalue weighted by Gasteiger charge is -2.55. The molecule has 1 spiro atoms. The fourth-order valence-electron chi connectivity index (χ4n) is 20.8. The van der Waals surface area contributed by atoms with Gasteiger partial charge in [-0.25, -0.2) is 13.2 Å². The van der Waals surface area contributed by atoms with Crippen LogP contribution in [0.15, 0.2) is 34.2 Å². The van der Waals surface area contributed by atoms with Crippen molar-refractivity contribution >= 4 is 11.6 Å². The third-order valence-electron chi connectivity index (χ3n) is 24.4. The second-order valence-corrected chi connectivity index (χ2v) is 28.3. The minimum atomic E-state index is -0.734. The van der Waals surface area contributed by atoms with E-state index in [4.69, 9.17) is 9.47 Å². The Balaban J connectivity index is 0.000000133. The molecule has 412 valence electrons. The van der Waals surface area contributed by atoms with E-state index in [1.807, 2.05) is 20.8 Å². The SMILES string of the molecule is C.C.CC(=O)[C@H]1CC[C@H]2[C@@H]3CC(F)=C4C[C@](C)(O)CC[C@@H]4[C@H]3CC[C@]12C.C[C@@]1(O)CC[C@H]2C(=C(F)C[C@@H]3[C@@H]2CC[C@@]2(C)[C@H]3CCC23OCCO3)C1.C[C@@]1(O)CC[C@H]2C(=C(F)C[C@@H]3[C@@H]2CC[C@]2(C)C(=O)CC[C@@H]32)C1. The summed E-state index contributed by atoms with van der Waals surface area (Å²) >= 11 is 0. The number of fused-ring (bicyclic) bond motifs is 16. The number of carbonyl (C=O) groups excluding carboxylic acids is 2. The molecule has 0 aromatic heterocycles. The smallest absolute Gasteiger partial charge is 0.174 e. The van der Waals surface area contributed by atoms with E-state index >= 15 is 4.39 Å². The zero-order valence-corrected chi connectivity index (χ0v) is 44.5.